The first-order valence-electron chi connectivity index (χ1n) is 8.91. The van der Waals surface area contributed by atoms with Gasteiger partial charge in [0.1, 0.15) is 4.90 Å². The van der Waals surface area contributed by atoms with Gasteiger partial charge in [0, 0.05) is 32.4 Å². The van der Waals surface area contributed by atoms with Crippen molar-refractivity contribution in [1.29, 1.82) is 0 Å². The van der Waals surface area contributed by atoms with Crippen molar-refractivity contribution in [2.45, 2.75) is 31.3 Å². The summed E-state index contributed by atoms with van der Waals surface area (Å²) in [4.78, 5) is 2.47. The minimum atomic E-state index is -3.67. The minimum Gasteiger partial charge on any atom is -0.379 e. The van der Waals surface area contributed by atoms with Crippen molar-refractivity contribution in [3.8, 4) is 0 Å². The normalized spacial score (nSPS) is 17.3. The molecule has 1 N–H and O–H groups in total. The Morgan fingerprint density at radius 3 is 2.54 bits per heavy atom. The molecule has 1 fully saturated rings. The molecular weight excluding hydrogens is 352 g/mol. The van der Waals surface area contributed by atoms with Crippen LogP contribution in [0.2, 0.25) is 0 Å². The van der Waals surface area contributed by atoms with Crippen molar-refractivity contribution in [2.75, 3.05) is 32.8 Å². The highest BCUT2D eigenvalue weighted by Gasteiger charge is 2.27. The van der Waals surface area contributed by atoms with Crippen molar-refractivity contribution in [3.63, 3.8) is 0 Å². The second kappa shape index (κ2) is 8.30. The number of hydrogen-bond donors (Lipinski definition) is 1. The molecule has 142 valence electrons. The fraction of sp³-hybridized carbons (Fsp3) is 0.500. The number of morpholine rings is 1. The van der Waals surface area contributed by atoms with Gasteiger partial charge in [-0.3, -0.25) is 9.58 Å². The fourth-order valence-electron chi connectivity index (χ4n) is 3.11. The summed E-state index contributed by atoms with van der Waals surface area (Å²) in [7, 11) is -3.67. The van der Waals surface area contributed by atoms with Gasteiger partial charge in [-0.1, -0.05) is 30.3 Å². The molecule has 3 rings (SSSR count). The highest BCUT2D eigenvalue weighted by molar-refractivity contribution is 7.89. The number of aromatic nitrogens is 2. The number of rotatable bonds is 7. The third kappa shape index (κ3) is 4.50. The third-order valence-corrected chi connectivity index (χ3v) is 6.13. The molecule has 0 saturated carbocycles. The van der Waals surface area contributed by atoms with Gasteiger partial charge in [0.2, 0.25) is 10.0 Å². The van der Waals surface area contributed by atoms with Gasteiger partial charge in [-0.15, -0.1) is 0 Å². The lowest BCUT2D eigenvalue weighted by atomic mass is 10.1. The summed E-state index contributed by atoms with van der Waals surface area (Å²) < 4.78 is 35.9. The van der Waals surface area contributed by atoms with Crippen LogP contribution in [0.4, 0.5) is 0 Å². The molecule has 2 heterocycles. The second-order valence-electron chi connectivity index (χ2n) is 6.43. The summed E-state index contributed by atoms with van der Waals surface area (Å²) in [5.74, 6) is 0. The molecule has 1 aliphatic rings. The summed E-state index contributed by atoms with van der Waals surface area (Å²) in [6.07, 6.45) is 1.59. The Morgan fingerprint density at radius 2 is 1.92 bits per heavy atom. The summed E-state index contributed by atoms with van der Waals surface area (Å²) in [6.45, 7) is 7.85. The Bertz CT molecular complexity index is 814. The molecule has 7 nitrogen and oxygen atoms in total. The van der Waals surface area contributed by atoms with Crippen LogP contribution in [-0.4, -0.2) is 55.9 Å². The highest BCUT2D eigenvalue weighted by Crippen LogP contribution is 2.20. The first-order valence-corrected chi connectivity index (χ1v) is 10.4. The summed E-state index contributed by atoms with van der Waals surface area (Å²) in [5.41, 5.74) is 1.46. The van der Waals surface area contributed by atoms with E-state index in [1.54, 1.807) is 17.8 Å². The molecular formula is C18H26N4O3S. The van der Waals surface area contributed by atoms with E-state index in [9.17, 15) is 8.42 Å². The number of sulfonamides is 1. The number of ether oxygens (including phenoxy) is 1. The first-order chi connectivity index (χ1) is 12.5. The second-order valence-corrected chi connectivity index (χ2v) is 8.11. The Labute approximate surface area is 155 Å². The number of aryl methyl sites for hydroxylation is 2. The molecule has 1 atom stereocenters. The maximum Gasteiger partial charge on any atom is 0.244 e. The molecule has 1 unspecified atom stereocenters. The molecule has 0 radical (unpaired) electrons. The van der Waals surface area contributed by atoms with E-state index in [4.69, 9.17) is 4.74 Å². The van der Waals surface area contributed by atoms with Gasteiger partial charge in [0.05, 0.1) is 24.9 Å². The molecule has 8 heteroatoms. The Balaban J connectivity index is 1.85. The van der Waals surface area contributed by atoms with E-state index in [0.29, 0.717) is 32.0 Å². The molecule has 1 aromatic heterocycles. The van der Waals surface area contributed by atoms with E-state index in [1.807, 2.05) is 37.3 Å². The zero-order valence-corrected chi connectivity index (χ0v) is 16.1. The van der Waals surface area contributed by atoms with Crippen LogP contribution >= 0.6 is 0 Å². The van der Waals surface area contributed by atoms with Gasteiger partial charge in [0.25, 0.3) is 0 Å². The zero-order chi connectivity index (χ0) is 18.6. The van der Waals surface area contributed by atoms with E-state index in [-0.39, 0.29) is 10.9 Å². The first kappa shape index (κ1) is 19.0. The molecule has 1 saturated heterocycles. The van der Waals surface area contributed by atoms with Crippen molar-refractivity contribution < 1.29 is 13.2 Å². The van der Waals surface area contributed by atoms with Crippen molar-refractivity contribution in [3.05, 3.63) is 47.8 Å². The monoisotopic (exact) mass is 378 g/mol. The lowest BCUT2D eigenvalue weighted by molar-refractivity contribution is 0.0345. The van der Waals surface area contributed by atoms with Crippen molar-refractivity contribution in [1.82, 2.24) is 19.4 Å². The van der Waals surface area contributed by atoms with E-state index < -0.39 is 10.0 Å². The van der Waals surface area contributed by atoms with Gasteiger partial charge in [0.15, 0.2) is 0 Å². The maximum atomic E-state index is 13.0. The summed E-state index contributed by atoms with van der Waals surface area (Å²) in [6, 6.07) is 9.36. The van der Waals surface area contributed by atoms with Gasteiger partial charge >= 0.3 is 0 Å². The van der Waals surface area contributed by atoms with E-state index in [1.165, 1.54) is 0 Å². The Kier molecular flexibility index (Phi) is 6.08. The largest absolute Gasteiger partial charge is 0.379 e. The van der Waals surface area contributed by atoms with Crippen LogP contribution in [0.15, 0.2) is 41.4 Å². The van der Waals surface area contributed by atoms with Crippen LogP contribution in [0.3, 0.4) is 0 Å². The quantitative estimate of drug-likeness (QED) is 0.791. The third-order valence-electron chi connectivity index (χ3n) is 4.56. The smallest absolute Gasteiger partial charge is 0.244 e. The van der Waals surface area contributed by atoms with Crippen LogP contribution in [-0.2, 0) is 21.3 Å². The van der Waals surface area contributed by atoms with E-state index >= 15 is 0 Å². The van der Waals surface area contributed by atoms with Crippen LogP contribution in [0.5, 0.6) is 0 Å². The maximum absolute atomic E-state index is 13.0. The fourth-order valence-corrected chi connectivity index (χ4v) is 4.52. The number of nitrogens with one attached hydrogen (secondary N) is 1. The predicted molar refractivity (Wildman–Crippen MR) is 99.4 cm³/mol. The van der Waals surface area contributed by atoms with Crippen LogP contribution < -0.4 is 4.72 Å². The van der Waals surface area contributed by atoms with Crippen LogP contribution in [0.1, 0.15) is 24.2 Å². The predicted octanol–water partition coefficient (Wildman–Crippen LogP) is 1.56. The minimum absolute atomic E-state index is 0.238. The topological polar surface area (TPSA) is 76.5 Å². The van der Waals surface area contributed by atoms with Crippen LogP contribution in [0, 0.1) is 6.92 Å². The van der Waals surface area contributed by atoms with Gasteiger partial charge < -0.3 is 4.74 Å². The number of benzene rings is 1. The van der Waals surface area contributed by atoms with Crippen LogP contribution in [0.25, 0.3) is 0 Å². The van der Waals surface area contributed by atoms with Crippen molar-refractivity contribution >= 4 is 10.0 Å². The Morgan fingerprint density at radius 1 is 1.23 bits per heavy atom. The standard InChI is InChI=1S/C18H26N4O3S/c1-3-22-14-18(15(2)19-22)26(23,24)20-17(16-7-5-4-6-8-16)13-21-9-11-25-12-10-21/h4-8,14,17,20H,3,9-13H2,1-2H3. The summed E-state index contributed by atoms with van der Waals surface area (Å²) in [5, 5.41) is 4.26. The average Bonchev–Trinajstić information content (AvgIpc) is 3.04. The molecule has 1 aliphatic heterocycles. The molecule has 26 heavy (non-hydrogen) atoms. The lowest BCUT2D eigenvalue weighted by Gasteiger charge is -2.31. The van der Waals surface area contributed by atoms with Gasteiger partial charge in [-0.2, -0.15) is 5.10 Å². The molecule has 0 aliphatic carbocycles. The highest BCUT2D eigenvalue weighted by atomic mass is 32.2. The van der Waals surface area contributed by atoms with Crippen molar-refractivity contribution in [2.24, 2.45) is 0 Å². The average molecular weight is 378 g/mol. The molecule has 0 bridgehead atoms. The number of nitrogens with zero attached hydrogens (tertiary/aromatic N) is 3. The molecule has 0 spiro atoms. The lowest BCUT2D eigenvalue weighted by Crippen LogP contribution is -2.43. The molecule has 2 aromatic rings. The number of hydrogen-bond acceptors (Lipinski definition) is 5. The van der Waals surface area contributed by atoms with Gasteiger partial charge in [-0.05, 0) is 19.4 Å². The van der Waals surface area contributed by atoms with Gasteiger partial charge in [-0.25, -0.2) is 13.1 Å². The SMILES string of the molecule is CCn1cc(S(=O)(=O)NC(CN2CCOCC2)c2ccccc2)c(C)n1. The molecule has 0 amide bonds. The van der Waals surface area contributed by atoms with E-state index in [0.717, 1.165) is 18.7 Å². The summed E-state index contributed by atoms with van der Waals surface area (Å²) >= 11 is 0. The zero-order valence-electron chi connectivity index (χ0n) is 15.3. The Hall–Kier alpha value is -1.74. The van der Waals surface area contributed by atoms with E-state index in [2.05, 4.69) is 14.7 Å². The molecule has 1 aromatic carbocycles.